The summed E-state index contributed by atoms with van der Waals surface area (Å²) in [5, 5.41) is 11.8. The zero-order valence-electron chi connectivity index (χ0n) is 11.9. The van der Waals surface area contributed by atoms with E-state index in [1.165, 1.54) is 6.42 Å². The van der Waals surface area contributed by atoms with E-state index in [0.717, 1.165) is 31.2 Å². The molecule has 20 heavy (non-hydrogen) atoms. The highest BCUT2D eigenvalue weighted by atomic mass is 35.5. The van der Waals surface area contributed by atoms with Gasteiger partial charge in [-0.05, 0) is 36.5 Å². The lowest BCUT2D eigenvalue weighted by atomic mass is 9.64. The summed E-state index contributed by atoms with van der Waals surface area (Å²) in [6.45, 7) is 2.72. The number of aliphatic hydroxyl groups is 1. The second kappa shape index (κ2) is 6.65. The molecule has 0 heterocycles. The maximum atomic E-state index is 10.8. The van der Waals surface area contributed by atoms with Gasteiger partial charge in [-0.2, -0.15) is 0 Å². The second-order valence-corrected chi connectivity index (χ2v) is 6.83. The molecule has 1 fully saturated rings. The molecule has 1 aliphatic rings. The van der Waals surface area contributed by atoms with Crippen molar-refractivity contribution >= 4 is 23.2 Å². The summed E-state index contributed by atoms with van der Waals surface area (Å²) in [6, 6.07) is 5.36. The Morgan fingerprint density at radius 2 is 2.15 bits per heavy atom. The fourth-order valence-corrected chi connectivity index (χ4v) is 3.76. The molecule has 3 atom stereocenters. The fourth-order valence-electron chi connectivity index (χ4n) is 3.45. The summed E-state index contributed by atoms with van der Waals surface area (Å²) in [5.41, 5.74) is 6.64. The third-order valence-electron chi connectivity index (χ3n) is 4.81. The first-order valence-corrected chi connectivity index (χ1v) is 8.11. The van der Waals surface area contributed by atoms with Gasteiger partial charge in [-0.3, -0.25) is 0 Å². The standard InChI is InChI=1S/C16H23Cl2NO/c1-2-11-4-3-7-16(9-11,10-19)15(20)12-5-6-13(17)14(18)8-12/h5-6,8,11,15,20H,2-4,7,9-10,19H2,1H3. The fraction of sp³-hybridized carbons (Fsp3) is 0.625. The van der Waals surface area contributed by atoms with Crippen molar-refractivity contribution in [2.45, 2.75) is 45.1 Å². The molecule has 2 rings (SSSR count). The van der Waals surface area contributed by atoms with E-state index in [9.17, 15) is 5.11 Å². The van der Waals surface area contributed by atoms with E-state index >= 15 is 0 Å². The first-order valence-electron chi connectivity index (χ1n) is 7.35. The molecule has 0 aromatic heterocycles. The van der Waals surface area contributed by atoms with Crippen LogP contribution >= 0.6 is 23.2 Å². The SMILES string of the molecule is CCC1CCCC(CN)(C(O)c2ccc(Cl)c(Cl)c2)C1. The van der Waals surface area contributed by atoms with Gasteiger partial charge in [0, 0.05) is 12.0 Å². The van der Waals surface area contributed by atoms with Crippen molar-refractivity contribution in [1.82, 2.24) is 0 Å². The van der Waals surface area contributed by atoms with Gasteiger partial charge in [0.15, 0.2) is 0 Å². The molecule has 3 N–H and O–H groups in total. The average molecular weight is 316 g/mol. The molecule has 3 unspecified atom stereocenters. The van der Waals surface area contributed by atoms with Crippen LogP contribution in [0.3, 0.4) is 0 Å². The van der Waals surface area contributed by atoms with Gasteiger partial charge in [-0.25, -0.2) is 0 Å². The van der Waals surface area contributed by atoms with E-state index in [1.807, 2.05) is 6.07 Å². The molecule has 0 aliphatic heterocycles. The number of nitrogens with two attached hydrogens (primary N) is 1. The van der Waals surface area contributed by atoms with Crippen LogP contribution in [0.25, 0.3) is 0 Å². The summed E-state index contributed by atoms with van der Waals surface area (Å²) in [5.74, 6) is 0.657. The summed E-state index contributed by atoms with van der Waals surface area (Å²) >= 11 is 12.0. The zero-order valence-corrected chi connectivity index (χ0v) is 13.4. The molecule has 0 amide bonds. The molecular formula is C16H23Cl2NO. The highest BCUT2D eigenvalue weighted by Gasteiger charge is 2.41. The predicted molar refractivity (Wildman–Crippen MR) is 85.2 cm³/mol. The maximum absolute atomic E-state index is 10.8. The molecule has 0 bridgehead atoms. The topological polar surface area (TPSA) is 46.2 Å². The molecule has 1 saturated carbocycles. The Morgan fingerprint density at radius 3 is 2.75 bits per heavy atom. The van der Waals surface area contributed by atoms with Crippen molar-refractivity contribution in [1.29, 1.82) is 0 Å². The molecule has 0 spiro atoms. The number of aliphatic hydroxyl groups excluding tert-OH is 1. The minimum absolute atomic E-state index is 0.226. The molecule has 1 aliphatic carbocycles. The van der Waals surface area contributed by atoms with Gasteiger partial charge < -0.3 is 10.8 Å². The van der Waals surface area contributed by atoms with Gasteiger partial charge in [0.1, 0.15) is 0 Å². The summed E-state index contributed by atoms with van der Waals surface area (Å²) in [7, 11) is 0. The first kappa shape index (κ1) is 16.1. The number of halogens is 2. The summed E-state index contributed by atoms with van der Waals surface area (Å²) in [6.07, 6.45) is 4.91. The molecule has 112 valence electrons. The van der Waals surface area contributed by atoms with E-state index < -0.39 is 6.10 Å². The van der Waals surface area contributed by atoms with Crippen LogP contribution in [0.4, 0.5) is 0 Å². The second-order valence-electron chi connectivity index (χ2n) is 6.01. The van der Waals surface area contributed by atoms with Crippen LogP contribution < -0.4 is 5.73 Å². The van der Waals surface area contributed by atoms with Crippen molar-refractivity contribution in [2.24, 2.45) is 17.1 Å². The zero-order chi connectivity index (χ0) is 14.8. The summed E-state index contributed by atoms with van der Waals surface area (Å²) < 4.78 is 0. The van der Waals surface area contributed by atoms with Crippen molar-refractivity contribution < 1.29 is 5.11 Å². The quantitative estimate of drug-likeness (QED) is 0.854. The monoisotopic (exact) mass is 315 g/mol. The van der Waals surface area contributed by atoms with E-state index in [2.05, 4.69) is 6.92 Å². The van der Waals surface area contributed by atoms with Gasteiger partial charge in [0.25, 0.3) is 0 Å². The molecular weight excluding hydrogens is 293 g/mol. The Kier molecular flexibility index (Phi) is 5.36. The third kappa shape index (κ3) is 3.14. The number of benzene rings is 1. The van der Waals surface area contributed by atoms with Crippen LogP contribution in [0, 0.1) is 11.3 Å². The average Bonchev–Trinajstić information content (AvgIpc) is 2.49. The summed E-state index contributed by atoms with van der Waals surface area (Å²) in [4.78, 5) is 0. The molecule has 4 heteroatoms. The number of hydrogen-bond acceptors (Lipinski definition) is 2. The Hall–Kier alpha value is -0.280. The Balaban J connectivity index is 2.27. The van der Waals surface area contributed by atoms with Gasteiger partial charge in [-0.1, -0.05) is 55.5 Å². The Morgan fingerprint density at radius 1 is 1.40 bits per heavy atom. The molecule has 0 saturated heterocycles. The van der Waals surface area contributed by atoms with Gasteiger partial charge >= 0.3 is 0 Å². The van der Waals surface area contributed by atoms with Crippen LogP contribution in [0.1, 0.15) is 50.7 Å². The smallest absolute Gasteiger partial charge is 0.0858 e. The first-order chi connectivity index (χ1) is 9.52. The lowest BCUT2D eigenvalue weighted by Crippen LogP contribution is -2.41. The minimum Gasteiger partial charge on any atom is -0.388 e. The van der Waals surface area contributed by atoms with E-state index in [1.54, 1.807) is 12.1 Å². The molecule has 1 aromatic carbocycles. The lowest BCUT2D eigenvalue weighted by molar-refractivity contribution is -0.0162. The van der Waals surface area contributed by atoms with Crippen LogP contribution in [-0.2, 0) is 0 Å². The van der Waals surface area contributed by atoms with Crippen LogP contribution in [0.15, 0.2) is 18.2 Å². The van der Waals surface area contributed by atoms with Gasteiger partial charge in [-0.15, -0.1) is 0 Å². The van der Waals surface area contributed by atoms with Crippen molar-refractivity contribution in [2.75, 3.05) is 6.54 Å². The highest BCUT2D eigenvalue weighted by Crippen LogP contribution is 2.48. The Labute approximate surface area is 131 Å². The Bertz CT molecular complexity index is 466. The maximum Gasteiger partial charge on any atom is 0.0858 e. The normalized spacial score (nSPS) is 28.4. The highest BCUT2D eigenvalue weighted by molar-refractivity contribution is 6.42. The van der Waals surface area contributed by atoms with Gasteiger partial charge in [0.05, 0.1) is 16.1 Å². The lowest BCUT2D eigenvalue weighted by Gasteiger charge is -2.43. The predicted octanol–water partition coefficient (Wildman–Crippen LogP) is 4.57. The molecule has 0 radical (unpaired) electrons. The van der Waals surface area contributed by atoms with Crippen LogP contribution in [0.5, 0.6) is 0 Å². The number of rotatable bonds is 4. The van der Waals surface area contributed by atoms with E-state index in [0.29, 0.717) is 22.5 Å². The van der Waals surface area contributed by atoms with Crippen molar-refractivity contribution in [3.05, 3.63) is 33.8 Å². The molecule has 2 nitrogen and oxygen atoms in total. The van der Waals surface area contributed by atoms with Crippen molar-refractivity contribution in [3.8, 4) is 0 Å². The van der Waals surface area contributed by atoms with Crippen molar-refractivity contribution in [3.63, 3.8) is 0 Å². The van der Waals surface area contributed by atoms with E-state index in [-0.39, 0.29) is 5.41 Å². The van der Waals surface area contributed by atoms with E-state index in [4.69, 9.17) is 28.9 Å². The van der Waals surface area contributed by atoms with Gasteiger partial charge in [0.2, 0.25) is 0 Å². The largest absolute Gasteiger partial charge is 0.388 e. The molecule has 1 aromatic rings. The van der Waals surface area contributed by atoms with Crippen LogP contribution in [0.2, 0.25) is 10.0 Å². The minimum atomic E-state index is -0.573. The number of hydrogen-bond donors (Lipinski definition) is 2. The third-order valence-corrected chi connectivity index (χ3v) is 5.54. The van der Waals surface area contributed by atoms with Crippen LogP contribution in [-0.4, -0.2) is 11.7 Å².